The lowest BCUT2D eigenvalue weighted by atomic mass is 10.2. The van der Waals surface area contributed by atoms with Gasteiger partial charge < -0.3 is 19.5 Å². The number of carboxylic acids is 1. The third kappa shape index (κ3) is 5.71. The van der Waals surface area contributed by atoms with Crippen molar-refractivity contribution in [1.82, 2.24) is 9.27 Å². The highest BCUT2D eigenvalue weighted by Crippen LogP contribution is 2.30. The Labute approximate surface area is 155 Å². The topological polar surface area (TPSA) is 101 Å². The van der Waals surface area contributed by atoms with Crippen molar-refractivity contribution in [1.29, 1.82) is 0 Å². The molecule has 140 valence electrons. The molecule has 0 unspecified atom stereocenters. The molecule has 2 N–H and O–H groups in total. The lowest BCUT2D eigenvalue weighted by Gasteiger charge is -2.11. The molecule has 2 aromatic rings. The smallest absolute Gasteiger partial charge is 0.344 e. The van der Waals surface area contributed by atoms with Crippen LogP contribution < -0.4 is 10.1 Å². The molecule has 0 aliphatic carbocycles. The second kappa shape index (κ2) is 9.73. The SMILES string of the molecule is CN(C)C(=O)Nc1snc(OCCCOCc2ccccc2)c1C(=O)O. The summed E-state index contributed by atoms with van der Waals surface area (Å²) in [5, 5.41) is 12.0. The molecule has 1 aromatic carbocycles. The number of rotatable bonds is 9. The van der Waals surface area contributed by atoms with Crippen LogP contribution in [0.1, 0.15) is 22.3 Å². The van der Waals surface area contributed by atoms with Crippen molar-refractivity contribution in [2.45, 2.75) is 13.0 Å². The van der Waals surface area contributed by atoms with E-state index in [1.807, 2.05) is 30.3 Å². The molecule has 0 saturated heterocycles. The number of benzene rings is 1. The van der Waals surface area contributed by atoms with Gasteiger partial charge in [0.05, 0.1) is 19.8 Å². The van der Waals surface area contributed by atoms with E-state index in [1.54, 1.807) is 14.1 Å². The van der Waals surface area contributed by atoms with Crippen LogP contribution in [0, 0.1) is 0 Å². The van der Waals surface area contributed by atoms with Crippen LogP contribution in [0.4, 0.5) is 9.80 Å². The van der Waals surface area contributed by atoms with Gasteiger partial charge in [-0.3, -0.25) is 5.32 Å². The Balaban J connectivity index is 1.80. The average molecular weight is 379 g/mol. The zero-order chi connectivity index (χ0) is 18.9. The van der Waals surface area contributed by atoms with Crippen molar-refractivity contribution >= 4 is 28.5 Å². The largest absolute Gasteiger partial charge is 0.477 e. The first-order chi connectivity index (χ1) is 12.5. The molecular weight excluding hydrogens is 358 g/mol. The number of nitrogens with zero attached hydrogens (tertiary/aromatic N) is 2. The van der Waals surface area contributed by atoms with Gasteiger partial charge in [-0.2, -0.15) is 4.37 Å². The number of carbonyl (C=O) groups excluding carboxylic acids is 1. The van der Waals surface area contributed by atoms with Crippen LogP contribution in [0.15, 0.2) is 30.3 Å². The van der Waals surface area contributed by atoms with E-state index in [4.69, 9.17) is 9.47 Å². The summed E-state index contributed by atoms with van der Waals surface area (Å²) in [7, 11) is 3.12. The van der Waals surface area contributed by atoms with Crippen molar-refractivity contribution < 1.29 is 24.2 Å². The number of anilines is 1. The zero-order valence-corrected chi connectivity index (χ0v) is 15.4. The van der Waals surface area contributed by atoms with Crippen LogP contribution in [0.25, 0.3) is 0 Å². The second-order valence-electron chi connectivity index (χ2n) is 5.56. The van der Waals surface area contributed by atoms with Crippen molar-refractivity contribution in [3.05, 3.63) is 41.5 Å². The number of aromatic nitrogens is 1. The van der Waals surface area contributed by atoms with Gasteiger partial charge in [0.15, 0.2) is 5.56 Å². The number of carboxylic acid groups (broad SMARTS) is 1. The summed E-state index contributed by atoms with van der Waals surface area (Å²) in [5.74, 6) is -1.21. The number of nitrogens with one attached hydrogen (secondary N) is 1. The number of carbonyl (C=O) groups is 2. The summed E-state index contributed by atoms with van der Waals surface area (Å²) in [6.07, 6.45) is 0.586. The Morgan fingerprint density at radius 2 is 1.96 bits per heavy atom. The highest BCUT2D eigenvalue weighted by molar-refractivity contribution is 7.11. The summed E-state index contributed by atoms with van der Waals surface area (Å²) in [5.41, 5.74) is 0.942. The minimum Gasteiger partial charge on any atom is -0.477 e. The fraction of sp³-hybridized carbons (Fsp3) is 0.353. The minimum atomic E-state index is -1.21. The maximum Gasteiger partial charge on any atom is 0.344 e. The van der Waals surface area contributed by atoms with Crippen molar-refractivity contribution in [3.63, 3.8) is 0 Å². The number of hydrogen-bond acceptors (Lipinski definition) is 6. The van der Waals surface area contributed by atoms with Gasteiger partial charge in [0.25, 0.3) is 0 Å². The molecule has 1 aromatic heterocycles. The average Bonchev–Trinajstić information content (AvgIpc) is 3.01. The molecule has 0 aliphatic heterocycles. The predicted molar refractivity (Wildman–Crippen MR) is 98.0 cm³/mol. The van der Waals surface area contributed by atoms with Crippen LogP contribution in [0.3, 0.4) is 0 Å². The number of hydrogen-bond donors (Lipinski definition) is 2. The Hall–Kier alpha value is -2.65. The predicted octanol–water partition coefficient (Wildman–Crippen LogP) is 2.92. The number of amides is 2. The maximum atomic E-state index is 11.7. The Bertz CT molecular complexity index is 733. The summed E-state index contributed by atoms with van der Waals surface area (Å²) < 4.78 is 15.0. The summed E-state index contributed by atoms with van der Waals surface area (Å²) in [6, 6.07) is 9.37. The highest BCUT2D eigenvalue weighted by atomic mass is 32.1. The van der Waals surface area contributed by atoms with E-state index in [9.17, 15) is 14.7 Å². The molecule has 0 fully saturated rings. The van der Waals surface area contributed by atoms with E-state index in [0.717, 1.165) is 17.1 Å². The monoisotopic (exact) mass is 379 g/mol. The minimum absolute atomic E-state index is 0.000356. The van der Waals surface area contributed by atoms with Crippen LogP contribution >= 0.6 is 11.5 Å². The fourth-order valence-corrected chi connectivity index (χ4v) is 2.67. The summed E-state index contributed by atoms with van der Waals surface area (Å²) in [6.45, 7) is 1.25. The molecule has 0 aliphatic rings. The van der Waals surface area contributed by atoms with Crippen molar-refractivity contribution in [2.24, 2.45) is 0 Å². The van der Waals surface area contributed by atoms with Gasteiger partial charge in [0, 0.05) is 20.5 Å². The van der Waals surface area contributed by atoms with E-state index in [0.29, 0.717) is 19.6 Å². The number of aromatic carboxylic acids is 1. The van der Waals surface area contributed by atoms with E-state index in [2.05, 4.69) is 9.69 Å². The third-order valence-corrected chi connectivity index (χ3v) is 4.03. The molecule has 2 amide bonds. The molecule has 0 radical (unpaired) electrons. The first-order valence-corrected chi connectivity index (χ1v) is 8.72. The zero-order valence-electron chi connectivity index (χ0n) is 14.6. The van der Waals surface area contributed by atoms with Gasteiger partial charge in [-0.25, -0.2) is 9.59 Å². The third-order valence-electron chi connectivity index (χ3n) is 3.28. The molecule has 0 saturated carbocycles. The van der Waals surface area contributed by atoms with Crippen LogP contribution in [0.2, 0.25) is 0 Å². The van der Waals surface area contributed by atoms with Gasteiger partial charge in [-0.1, -0.05) is 30.3 Å². The first kappa shape index (κ1) is 19.7. The van der Waals surface area contributed by atoms with Gasteiger partial charge in [0.2, 0.25) is 5.88 Å². The van der Waals surface area contributed by atoms with Crippen molar-refractivity contribution in [3.8, 4) is 5.88 Å². The van der Waals surface area contributed by atoms with Gasteiger partial charge in [-0.15, -0.1) is 0 Å². The first-order valence-electron chi connectivity index (χ1n) is 7.94. The number of urea groups is 1. The molecule has 0 bridgehead atoms. The molecule has 1 heterocycles. The molecule has 26 heavy (non-hydrogen) atoms. The molecule has 8 nitrogen and oxygen atoms in total. The van der Waals surface area contributed by atoms with Crippen LogP contribution in [-0.4, -0.2) is 53.7 Å². The van der Waals surface area contributed by atoms with Gasteiger partial charge in [-0.05, 0) is 17.1 Å². The lowest BCUT2D eigenvalue weighted by Crippen LogP contribution is -2.27. The maximum absolute atomic E-state index is 11.7. The van der Waals surface area contributed by atoms with Gasteiger partial charge in [0.1, 0.15) is 5.00 Å². The summed E-state index contributed by atoms with van der Waals surface area (Å²) in [4.78, 5) is 24.4. The quantitative estimate of drug-likeness (QED) is 0.650. The van der Waals surface area contributed by atoms with Crippen LogP contribution in [0.5, 0.6) is 5.88 Å². The van der Waals surface area contributed by atoms with E-state index < -0.39 is 12.0 Å². The van der Waals surface area contributed by atoms with Gasteiger partial charge >= 0.3 is 12.0 Å². The van der Waals surface area contributed by atoms with E-state index >= 15 is 0 Å². The standard InChI is InChI=1S/C17H21N3O5S/c1-20(2)17(23)18-15-13(16(21)22)14(19-26-15)25-10-6-9-24-11-12-7-4-3-5-8-12/h3-5,7-8H,6,9-11H2,1-2H3,(H,18,23)(H,21,22). The lowest BCUT2D eigenvalue weighted by molar-refractivity contribution is 0.0692. The molecule has 2 rings (SSSR count). The fourth-order valence-electron chi connectivity index (χ4n) is 1.95. The van der Waals surface area contributed by atoms with E-state index in [1.165, 1.54) is 4.90 Å². The van der Waals surface area contributed by atoms with E-state index in [-0.39, 0.29) is 23.1 Å². The molecule has 0 spiro atoms. The molecular formula is C17H21N3O5S. The highest BCUT2D eigenvalue weighted by Gasteiger charge is 2.23. The van der Waals surface area contributed by atoms with Crippen molar-refractivity contribution in [2.75, 3.05) is 32.6 Å². The second-order valence-corrected chi connectivity index (χ2v) is 6.34. The molecule has 0 atom stereocenters. The Kier molecular flexibility index (Phi) is 7.37. The normalized spacial score (nSPS) is 10.4. The summed E-state index contributed by atoms with van der Waals surface area (Å²) >= 11 is 0.870. The Morgan fingerprint density at radius 3 is 2.62 bits per heavy atom. The molecule has 9 heteroatoms. The number of ether oxygens (including phenoxy) is 2. The van der Waals surface area contributed by atoms with Crippen LogP contribution in [-0.2, 0) is 11.3 Å². The Morgan fingerprint density at radius 1 is 1.23 bits per heavy atom.